The third kappa shape index (κ3) is 3.60. The van der Waals surface area contributed by atoms with Gasteiger partial charge in [0.2, 0.25) is 0 Å². The maximum atomic E-state index is 5.53. The molecule has 0 radical (unpaired) electrons. The highest BCUT2D eigenvalue weighted by Gasteiger charge is 2.15. The molecule has 0 atom stereocenters. The van der Waals surface area contributed by atoms with Crippen molar-refractivity contribution in [3.63, 3.8) is 0 Å². The number of nitrogens with zero attached hydrogens (tertiary/aromatic N) is 2. The van der Waals surface area contributed by atoms with E-state index in [4.69, 9.17) is 14.5 Å². The van der Waals surface area contributed by atoms with Gasteiger partial charge in [-0.25, -0.2) is 4.98 Å². The third-order valence-corrected chi connectivity index (χ3v) is 5.77. The number of pyridine rings is 1. The normalized spacial score (nSPS) is 10.9. The van der Waals surface area contributed by atoms with Crippen LogP contribution in [-0.2, 0) is 6.54 Å². The van der Waals surface area contributed by atoms with Crippen molar-refractivity contribution in [2.45, 2.75) is 6.54 Å². The minimum absolute atomic E-state index is 0.712. The molecule has 0 aliphatic heterocycles. The first-order valence-electron chi connectivity index (χ1n) is 10.6. The van der Waals surface area contributed by atoms with Crippen molar-refractivity contribution >= 4 is 11.0 Å². The molecule has 5 rings (SSSR count). The first-order chi connectivity index (χ1) is 15.8. The Morgan fingerprint density at radius 1 is 0.719 bits per heavy atom. The van der Waals surface area contributed by atoms with Crippen molar-refractivity contribution in [1.82, 2.24) is 9.55 Å². The van der Waals surface area contributed by atoms with Gasteiger partial charge in [-0.05, 0) is 46.5 Å². The zero-order chi connectivity index (χ0) is 21.9. The molecule has 0 unspecified atom stereocenters. The first kappa shape index (κ1) is 19.9. The van der Waals surface area contributed by atoms with Crippen molar-refractivity contribution in [1.29, 1.82) is 0 Å². The standard InChI is InChI=1S/C28H24N2O2/c1-31-26-15-14-21(17-27(26)32-2)25-19-30(28-24(25)13-8-16-29-28)18-22-11-6-7-12-23(22)20-9-4-3-5-10-20/h3-17,19H,18H2,1-2H3. The van der Waals surface area contributed by atoms with Crippen molar-refractivity contribution in [3.8, 4) is 33.8 Å². The summed E-state index contributed by atoms with van der Waals surface area (Å²) in [7, 11) is 3.31. The quantitative estimate of drug-likeness (QED) is 0.317. The van der Waals surface area contributed by atoms with E-state index < -0.39 is 0 Å². The summed E-state index contributed by atoms with van der Waals surface area (Å²) in [5.74, 6) is 1.43. The average molecular weight is 421 g/mol. The summed E-state index contributed by atoms with van der Waals surface area (Å²) >= 11 is 0. The van der Waals surface area contributed by atoms with Crippen LogP contribution in [0.5, 0.6) is 11.5 Å². The molecule has 0 amide bonds. The summed E-state index contributed by atoms with van der Waals surface area (Å²) in [6, 6.07) is 29.2. The van der Waals surface area contributed by atoms with Gasteiger partial charge in [-0.2, -0.15) is 0 Å². The Labute approximate surface area is 187 Å². The van der Waals surface area contributed by atoms with Gasteiger partial charge in [0.05, 0.1) is 14.2 Å². The van der Waals surface area contributed by atoms with Gasteiger partial charge in [-0.1, -0.05) is 60.7 Å². The van der Waals surface area contributed by atoms with Gasteiger partial charge in [0.15, 0.2) is 11.5 Å². The predicted octanol–water partition coefficient (Wildman–Crippen LogP) is 6.44. The maximum absolute atomic E-state index is 5.53. The molecule has 2 heterocycles. The Hall–Kier alpha value is -4.05. The van der Waals surface area contributed by atoms with Crippen LogP contribution in [0, 0.1) is 0 Å². The van der Waals surface area contributed by atoms with E-state index in [0.717, 1.165) is 34.5 Å². The molecule has 5 aromatic rings. The molecule has 0 fully saturated rings. The van der Waals surface area contributed by atoms with Crippen LogP contribution in [0.1, 0.15) is 5.56 Å². The van der Waals surface area contributed by atoms with Gasteiger partial charge in [0, 0.05) is 29.9 Å². The molecule has 0 spiro atoms. The molecular weight excluding hydrogens is 396 g/mol. The fraction of sp³-hybridized carbons (Fsp3) is 0.107. The van der Waals surface area contributed by atoms with Crippen LogP contribution in [-0.4, -0.2) is 23.8 Å². The molecule has 158 valence electrons. The molecule has 0 N–H and O–H groups in total. The van der Waals surface area contributed by atoms with E-state index in [9.17, 15) is 0 Å². The number of aromatic nitrogens is 2. The molecule has 32 heavy (non-hydrogen) atoms. The molecule has 4 nitrogen and oxygen atoms in total. The second kappa shape index (κ2) is 8.60. The Morgan fingerprint density at radius 3 is 2.31 bits per heavy atom. The van der Waals surface area contributed by atoms with Gasteiger partial charge in [-0.3, -0.25) is 0 Å². The average Bonchev–Trinajstić information content (AvgIpc) is 3.23. The van der Waals surface area contributed by atoms with Crippen molar-refractivity contribution in [2.24, 2.45) is 0 Å². The van der Waals surface area contributed by atoms with Crippen LogP contribution in [0.4, 0.5) is 0 Å². The van der Waals surface area contributed by atoms with E-state index in [1.54, 1.807) is 14.2 Å². The van der Waals surface area contributed by atoms with E-state index in [1.165, 1.54) is 16.7 Å². The van der Waals surface area contributed by atoms with Crippen LogP contribution < -0.4 is 9.47 Å². The van der Waals surface area contributed by atoms with E-state index in [-0.39, 0.29) is 0 Å². The molecule has 3 aromatic carbocycles. The molecule has 2 aromatic heterocycles. The Kier molecular flexibility index (Phi) is 5.34. The van der Waals surface area contributed by atoms with Crippen LogP contribution >= 0.6 is 0 Å². The summed E-state index contributed by atoms with van der Waals surface area (Å²) in [6.07, 6.45) is 4.03. The zero-order valence-electron chi connectivity index (χ0n) is 18.2. The van der Waals surface area contributed by atoms with Gasteiger partial charge in [-0.15, -0.1) is 0 Å². The van der Waals surface area contributed by atoms with Gasteiger partial charge < -0.3 is 14.0 Å². The Morgan fingerprint density at radius 2 is 1.50 bits per heavy atom. The van der Waals surface area contributed by atoms with Crippen molar-refractivity contribution in [2.75, 3.05) is 14.2 Å². The number of ether oxygens (including phenoxy) is 2. The minimum atomic E-state index is 0.712. The number of hydrogen-bond acceptors (Lipinski definition) is 3. The second-order valence-corrected chi connectivity index (χ2v) is 7.64. The molecule has 4 heteroatoms. The highest BCUT2D eigenvalue weighted by molar-refractivity contribution is 5.94. The molecular formula is C28H24N2O2. The molecule has 0 saturated heterocycles. The summed E-state index contributed by atoms with van der Waals surface area (Å²) in [5.41, 5.74) is 6.84. The topological polar surface area (TPSA) is 36.3 Å². The SMILES string of the molecule is COc1ccc(-c2cn(Cc3ccccc3-c3ccccc3)c3ncccc23)cc1OC. The van der Waals surface area contributed by atoms with Gasteiger partial charge in [0.1, 0.15) is 5.65 Å². The lowest BCUT2D eigenvalue weighted by molar-refractivity contribution is 0.355. The van der Waals surface area contributed by atoms with E-state index in [2.05, 4.69) is 71.4 Å². The maximum Gasteiger partial charge on any atom is 0.161 e. The van der Waals surface area contributed by atoms with Crippen LogP contribution in [0.3, 0.4) is 0 Å². The number of hydrogen-bond donors (Lipinski definition) is 0. The summed E-state index contributed by atoms with van der Waals surface area (Å²) in [5, 5.41) is 1.11. The predicted molar refractivity (Wildman–Crippen MR) is 129 cm³/mol. The monoisotopic (exact) mass is 420 g/mol. The fourth-order valence-electron chi connectivity index (χ4n) is 4.22. The van der Waals surface area contributed by atoms with Crippen LogP contribution in [0.2, 0.25) is 0 Å². The van der Waals surface area contributed by atoms with Crippen LogP contribution in [0.25, 0.3) is 33.3 Å². The minimum Gasteiger partial charge on any atom is -0.493 e. The van der Waals surface area contributed by atoms with Gasteiger partial charge in [0.25, 0.3) is 0 Å². The van der Waals surface area contributed by atoms with E-state index >= 15 is 0 Å². The highest BCUT2D eigenvalue weighted by atomic mass is 16.5. The largest absolute Gasteiger partial charge is 0.493 e. The van der Waals surface area contributed by atoms with Crippen molar-refractivity contribution < 1.29 is 9.47 Å². The molecule has 0 aliphatic rings. The first-order valence-corrected chi connectivity index (χ1v) is 10.6. The van der Waals surface area contributed by atoms with E-state index in [1.807, 2.05) is 30.5 Å². The third-order valence-electron chi connectivity index (χ3n) is 5.77. The Balaban J connectivity index is 1.61. The number of benzene rings is 3. The summed E-state index contributed by atoms with van der Waals surface area (Å²) in [6.45, 7) is 0.728. The molecule has 0 bridgehead atoms. The number of methoxy groups -OCH3 is 2. The lowest BCUT2D eigenvalue weighted by Gasteiger charge is -2.11. The molecule has 0 saturated carbocycles. The second-order valence-electron chi connectivity index (χ2n) is 7.64. The zero-order valence-corrected chi connectivity index (χ0v) is 18.2. The summed E-state index contributed by atoms with van der Waals surface area (Å²) < 4.78 is 13.2. The smallest absolute Gasteiger partial charge is 0.161 e. The number of rotatable bonds is 6. The number of fused-ring (bicyclic) bond motifs is 1. The molecule has 0 aliphatic carbocycles. The van der Waals surface area contributed by atoms with E-state index in [0.29, 0.717) is 5.75 Å². The lowest BCUT2D eigenvalue weighted by atomic mass is 10.00. The lowest BCUT2D eigenvalue weighted by Crippen LogP contribution is -2.01. The Bertz CT molecular complexity index is 1370. The van der Waals surface area contributed by atoms with Crippen molar-refractivity contribution in [3.05, 3.63) is 103 Å². The summed E-state index contributed by atoms with van der Waals surface area (Å²) in [4.78, 5) is 4.71. The fourth-order valence-corrected chi connectivity index (χ4v) is 4.22. The van der Waals surface area contributed by atoms with Gasteiger partial charge >= 0.3 is 0 Å². The van der Waals surface area contributed by atoms with Crippen LogP contribution in [0.15, 0.2) is 97.3 Å². The highest BCUT2D eigenvalue weighted by Crippen LogP contribution is 2.36.